The number of halogens is 2. The van der Waals surface area contributed by atoms with Crippen molar-refractivity contribution < 1.29 is 13.9 Å². The summed E-state index contributed by atoms with van der Waals surface area (Å²) >= 11 is 5.91. The summed E-state index contributed by atoms with van der Waals surface area (Å²) in [5, 5.41) is 0.511. The Bertz CT molecular complexity index is 513. The summed E-state index contributed by atoms with van der Waals surface area (Å²) in [5.74, 6) is -0.299. The van der Waals surface area contributed by atoms with Crippen LogP contribution in [0.1, 0.15) is 38.7 Å². The van der Waals surface area contributed by atoms with Crippen molar-refractivity contribution in [3.63, 3.8) is 0 Å². The van der Waals surface area contributed by atoms with E-state index in [4.69, 9.17) is 16.3 Å². The van der Waals surface area contributed by atoms with Crippen LogP contribution in [-0.2, 0) is 4.74 Å². The average molecular weight is 300 g/mol. The van der Waals surface area contributed by atoms with E-state index in [0.29, 0.717) is 23.7 Å². The summed E-state index contributed by atoms with van der Waals surface area (Å²) < 4.78 is 19.2. The number of amides is 1. The fourth-order valence-electron chi connectivity index (χ4n) is 2.33. The second kappa shape index (κ2) is 5.60. The van der Waals surface area contributed by atoms with E-state index in [1.54, 1.807) is 11.0 Å². The lowest BCUT2D eigenvalue weighted by Gasteiger charge is -2.24. The molecule has 0 spiro atoms. The van der Waals surface area contributed by atoms with Gasteiger partial charge in [0.15, 0.2) is 0 Å². The Morgan fingerprint density at radius 1 is 1.45 bits per heavy atom. The average Bonchev–Trinajstić information content (AvgIpc) is 2.79. The summed E-state index contributed by atoms with van der Waals surface area (Å²) in [4.78, 5) is 13.6. The molecule has 1 heterocycles. The highest BCUT2D eigenvalue weighted by molar-refractivity contribution is 6.30. The van der Waals surface area contributed by atoms with Crippen molar-refractivity contribution in [3.8, 4) is 0 Å². The number of carbonyl (C=O) groups excluding carboxylic acids is 1. The maximum absolute atomic E-state index is 13.8. The quantitative estimate of drug-likeness (QED) is 0.777. The fourth-order valence-corrected chi connectivity index (χ4v) is 2.51. The Morgan fingerprint density at radius 3 is 2.80 bits per heavy atom. The molecule has 0 aromatic heterocycles. The third-order valence-electron chi connectivity index (χ3n) is 3.24. The normalized spacial score (nSPS) is 19.2. The molecule has 0 saturated carbocycles. The second-order valence-electron chi connectivity index (χ2n) is 6.08. The maximum atomic E-state index is 13.8. The summed E-state index contributed by atoms with van der Waals surface area (Å²) in [6.45, 7) is 6.52. The zero-order chi connectivity index (χ0) is 14.9. The van der Waals surface area contributed by atoms with Crippen molar-refractivity contribution in [3.05, 3.63) is 34.6 Å². The predicted octanol–water partition coefficient (Wildman–Crippen LogP) is 4.20. The van der Waals surface area contributed by atoms with Gasteiger partial charge in [0.1, 0.15) is 11.4 Å². The Labute approximate surface area is 123 Å². The fraction of sp³-hybridized carbons (Fsp3) is 0.533. The first-order valence-corrected chi connectivity index (χ1v) is 7.07. The minimum atomic E-state index is -0.517. The lowest BCUT2D eigenvalue weighted by molar-refractivity contribution is 0.0292. The summed E-state index contributed by atoms with van der Waals surface area (Å²) in [6, 6.07) is 4.54. The number of benzene rings is 1. The van der Waals surface area contributed by atoms with E-state index in [0.717, 1.165) is 6.42 Å². The molecule has 20 heavy (non-hydrogen) atoms. The van der Waals surface area contributed by atoms with Gasteiger partial charge in [-0.15, -0.1) is 0 Å². The van der Waals surface area contributed by atoms with Crippen LogP contribution in [0.3, 0.4) is 0 Å². The number of nitrogens with zero attached hydrogens (tertiary/aromatic N) is 1. The zero-order valence-electron chi connectivity index (χ0n) is 12.0. The summed E-state index contributed by atoms with van der Waals surface area (Å²) in [5.41, 5.74) is 0.0554. The van der Waals surface area contributed by atoms with E-state index < -0.39 is 5.60 Å². The van der Waals surface area contributed by atoms with Gasteiger partial charge in [0.2, 0.25) is 0 Å². The number of rotatable bonds is 1. The number of hydrogen-bond donors (Lipinski definition) is 0. The molecule has 1 unspecified atom stereocenters. The van der Waals surface area contributed by atoms with Crippen LogP contribution in [0, 0.1) is 5.82 Å². The number of likely N-dealkylation sites (tertiary alicyclic amines) is 1. The molecule has 0 aliphatic carbocycles. The van der Waals surface area contributed by atoms with Crippen LogP contribution >= 0.6 is 11.6 Å². The third-order valence-corrected chi connectivity index (χ3v) is 3.47. The Kier molecular flexibility index (Phi) is 4.23. The van der Waals surface area contributed by atoms with E-state index in [1.165, 1.54) is 12.1 Å². The van der Waals surface area contributed by atoms with Gasteiger partial charge >= 0.3 is 6.09 Å². The van der Waals surface area contributed by atoms with Gasteiger partial charge in [-0.25, -0.2) is 9.18 Å². The Balaban J connectivity index is 2.05. The first-order chi connectivity index (χ1) is 9.26. The van der Waals surface area contributed by atoms with Crippen molar-refractivity contribution in [2.24, 2.45) is 0 Å². The molecule has 1 saturated heterocycles. The largest absolute Gasteiger partial charge is 0.444 e. The smallest absolute Gasteiger partial charge is 0.410 e. The van der Waals surface area contributed by atoms with Crippen molar-refractivity contribution in [1.29, 1.82) is 0 Å². The van der Waals surface area contributed by atoms with Crippen molar-refractivity contribution in [1.82, 2.24) is 4.90 Å². The first kappa shape index (κ1) is 15.1. The lowest BCUT2D eigenvalue weighted by Crippen LogP contribution is -2.35. The highest BCUT2D eigenvalue weighted by Gasteiger charge is 2.31. The monoisotopic (exact) mass is 299 g/mol. The van der Waals surface area contributed by atoms with Crippen molar-refractivity contribution >= 4 is 17.7 Å². The van der Waals surface area contributed by atoms with Gasteiger partial charge in [0, 0.05) is 24.0 Å². The molecule has 0 N–H and O–H groups in total. The highest BCUT2D eigenvalue weighted by atomic mass is 35.5. The van der Waals surface area contributed by atoms with Gasteiger partial charge in [-0.2, -0.15) is 0 Å². The molecule has 0 bridgehead atoms. The standard InChI is InChI=1S/C15H19ClFNO2/c1-15(2,3)20-14(19)18-7-6-10(9-18)12-8-11(16)4-5-13(12)17/h4-5,8,10H,6-7,9H2,1-3H3. The van der Waals surface area contributed by atoms with Gasteiger partial charge < -0.3 is 9.64 Å². The number of carbonyl (C=O) groups is 1. The Hall–Kier alpha value is -1.29. The van der Waals surface area contributed by atoms with Crippen LogP contribution in [0.15, 0.2) is 18.2 Å². The first-order valence-electron chi connectivity index (χ1n) is 6.69. The van der Waals surface area contributed by atoms with Crippen LogP contribution < -0.4 is 0 Å². The van der Waals surface area contributed by atoms with E-state index >= 15 is 0 Å². The molecule has 1 fully saturated rings. The Morgan fingerprint density at radius 2 is 2.15 bits per heavy atom. The van der Waals surface area contributed by atoms with Crippen molar-refractivity contribution in [2.75, 3.05) is 13.1 Å². The van der Waals surface area contributed by atoms with Gasteiger partial charge in [-0.1, -0.05) is 11.6 Å². The topological polar surface area (TPSA) is 29.5 Å². The molecule has 1 aromatic rings. The zero-order valence-corrected chi connectivity index (χ0v) is 12.7. The molecule has 110 valence electrons. The molecule has 1 amide bonds. The molecule has 3 nitrogen and oxygen atoms in total. The SMILES string of the molecule is CC(C)(C)OC(=O)N1CCC(c2cc(Cl)ccc2F)C1. The summed E-state index contributed by atoms with van der Waals surface area (Å²) in [7, 11) is 0. The van der Waals surface area contributed by atoms with Crippen molar-refractivity contribution in [2.45, 2.75) is 38.7 Å². The molecule has 1 aromatic carbocycles. The number of ether oxygens (including phenoxy) is 1. The van der Waals surface area contributed by atoms with Gasteiger partial charge in [-0.3, -0.25) is 0 Å². The van der Waals surface area contributed by atoms with Gasteiger partial charge in [-0.05, 0) is 51.0 Å². The van der Waals surface area contributed by atoms with Crippen LogP contribution in [0.25, 0.3) is 0 Å². The van der Waals surface area contributed by atoms with Crippen LogP contribution in [0.4, 0.5) is 9.18 Å². The van der Waals surface area contributed by atoms with E-state index in [1.807, 2.05) is 20.8 Å². The van der Waals surface area contributed by atoms with Gasteiger partial charge in [0.05, 0.1) is 0 Å². The minimum Gasteiger partial charge on any atom is -0.444 e. The van der Waals surface area contributed by atoms with E-state index in [9.17, 15) is 9.18 Å². The minimum absolute atomic E-state index is 0.0266. The van der Waals surface area contributed by atoms with Crippen LogP contribution in [-0.4, -0.2) is 29.7 Å². The number of hydrogen-bond acceptors (Lipinski definition) is 2. The summed E-state index contributed by atoms with van der Waals surface area (Å²) in [6.07, 6.45) is 0.374. The van der Waals surface area contributed by atoms with Crippen LogP contribution in [0.5, 0.6) is 0 Å². The second-order valence-corrected chi connectivity index (χ2v) is 6.51. The molecule has 1 atom stereocenters. The van der Waals surface area contributed by atoms with E-state index in [2.05, 4.69) is 0 Å². The third kappa shape index (κ3) is 3.63. The predicted molar refractivity (Wildman–Crippen MR) is 76.6 cm³/mol. The molecular formula is C15H19ClFNO2. The van der Waals surface area contributed by atoms with Gasteiger partial charge in [0.25, 0.3) is 0 Å². The highest BCUT2D eigenvalue weighted by Crippen LogP contribution is 2.31. The lowest BCUT2D eigenvalue weighted by atomic mass is 9.98. The van der Waals surface area contributed by atoms with E-state index in [-0.39, 0.29) is 17.8 Å². The molecule has 1 aliphatic rings. The maximum Gasteiger partial charge on any atom is 0.410 e. The molecular weight excluding hydrogens is 281 g/mol. The molecule has 0 radical (unpaired) electrons. The molecule has 5 heteroatoms. The molecule has 1 aliphatic heterocycles. The molecule has 2 rings (SSSR count). The van der Waals surface area contributed by atoms with Crippen LogP contribution in [0.2, 0.25) is 5.02 Å².